The van der Waals surface area contributed by atoms with Gasteiger partial charge in [0.25, 0.3) is 11.8 Å². The second-order valence-corrected chi connectivity index (χ2v) is 8.83. The Morgan fingerprint density at radius 1 is 1.40 bits per heavy atom. The van der Waals surface area contributed by atoms with Gasteiger partial charge in [0.05, 0.1) is 35.6 Å². The maximum Gasteiger partial charge on any atom is 0.292 e. The summed E-state index contributed by atoms with van der Waals surface area (Å²) in [6.07, 6.45) is 2.48. The number of hydrogen-bond acceptors (Lipinski definition) is 7. The molecule has 3 aromatic rings. The number of nitrogens with zero attached hydrogens (tertiary/aromatic N) is 4. The third kappa shape index (κ3) is 5.06. The lowest BCUT2D eigenvalue weighted by atomic mass is 10.0. The topological polar surface area (TPSA) is 125 Å². The van der Waals surface area contributed by atoms with Crippen molar-refractivity contribution in [2.24, 2.45) is 0 Å². The fourth-order valence-corrected chi connectivity index (χ4v) is 3.54. The van der Waals surface area contributed by atoms with E-state index in [4.69, 9.17) is 10.00 Å². The van der Waals surface area contributed by atoms with Gasteiger partial charge in [-0.15, -0.1) is 0 Å². The number of aliphatic hydroxyl groups is 1. The molecule has 0 saturated carbocycles. The number of amides is 1. The van der Waals surface area contributed by atoms with Crippen molar-refractivity contribution in [2.75, 3.05) is 25.1 Å². The molecule has 0 aliphatic carbocycles. The van der Waals surface area contributed by atoms with Gasteiger partial charge in [-0.2, -0.15) is 5.26 Å². The molecule has 4 heterocycles. The van der Waals surface area contributed by atoms with Crippen LogP contribution in [-0.4, -0.2) is 69.0 Å². The van der Waals surface area contributed by atoms with Crippen molar-refractivity contribution in [2.45, 2.75) is 37.6 Å². The molecule has 12 heteroatoms. The molecule has 4 rings (SSSR count). The Balaban J connectivity index is 1.69. The van der Waals surface area contributed by atoms with Crippen LogP contribution in [-0.2, 0) is 4.74 Å². The largest absolute Gasteiger partial charge is 0.387 e. The molecule has 184 valence electrons. The summed E-state index contributed by atoms with van der Waals surface area (Å²) >= 11 is 0. The molecule has 1 amide bonds. The Labute approximate surface area is 198 Å². The molecule has 0 bridgehead atoms. The van der Waals surface area contributed by atoms with E-state index >= 15 is 0 Å². The van der Waals surface area contributed by atoms with Crippen molar-refractivity contribution >= 4 is 22.6 Å². The molecule has 3 aromatic heterocycles. The predicted octanol–water partition coefficient (Wildman–Crippen LogP) is 2.58. The van der Waals surface area contributed by atoms with Gasteiger partial charge in [0, 0.05) is 30.0 Å². The highest BCUT2D eigenvalue weighted by Gasteiger charge is 2.45. The summed E-state index contributed by atoms with van der Waals surface area (Å²) in [5.41, 5.74) is -0.876. The number of fused-ring (bicyclic) bond motifs is 1. The summed E-state index contributed by atoms with van der Waals surface area (Å²) in [6, 6.07) is 5.38. The molecule has 9 nitrogen and oxygen atoms in total. The Hall–Kier alpha value is -3.69. The van der Waals surface area contributed by atoms with Crippen molar-refractivity contribution in [3.05, 3.63) is 47.9 Å². The number of anilines is 1. The van der Waals surface area contributed by atoms with E-state index in [1.54, 1.807) is 22.9 Å². The Morgan fingerprint density at radius 2 is 2.17 bits per heavy atom. The van der Waals surface area contributed by atoms with E-state index in [1.165, 1.54) is 32.3 Å². The number of halogens is 3. The number of alkyl halides is 3. The zero-order chi connectivity index (χ0) is 25.4. The van der Waals surface area contributed by atoms with E-state index in [9.17, 15) is 23.1 Å². The average molecular weight is 488 g/mol. The maximum atomic E-state index is 14.2. The highest BCUT2D eigenvalue weighted by atomic mass is 19.3. The Kier molecular flexibility index (Phi) is 6.40. The molecule has 1 fully saturated rings. The first-order valence-electron chi connectivity index (χ1n) is 10.7. The van der Waals surface area contributed by atoms with Gasteiger partial charge in [-0.1, -0.05) is 0 Å². The SMILES string of the molecule is CC(C)(O)[C@H](F)CNC(=O)c1cnc(-n2ccc3cc(C#N)cnc32)cc1NC1COCC1(F)F. The third-order valence-electron chi connectivity index (χ3n) is 5.66. The van der Waals surface area contributed by atoms with Gasteiger partial charge in [-0.05, 0) is 26.0 Å². The number of aromatic nitrogens is 3. The molecule has 1 unspecified atom stereocenters. The van der Waals surface area contributed by atoms with Gasteiger partial charge < -0.3 is 20.5 Å². The number of rotatable bonds is 7. The third-order valence-corrected chi connectivity index (χ3v) is 5.66. The average Bonchev–Trinajstić information content (AvgIpc) is 3.38. The molecule has 0 aromatic carbocycles. The van der Waals surface area contributed by atoms with Crippen molar-refractivity contribution in [3.63, 3.8) is 0 Å². The van der Waals surface area contributed by atoms with Crippen LogP contribution in [0, 0.1) is 11.3 Å². The summed E-state index contributed by atoms with van der Waals surface area (Å²) in [7, 11) is 0. The molecule has 3 N–H and O–H groups in total. The van der Waals surface area contributed by atoms with Crippen LogP contribution >= 0.6 is 0 Å². The number of carbonyl (C=O) groups excluding carboxylic acids is 1. The second-order valence-electron chi connectivity index (χ2n) is 8.83. The van der Waals surface area contributed by atoms with Crippen LogP contribution in [0.2, 0.25) is 0 Å². The zero-order valence-electron chi connectivity index (χ0n) is 18.9. The fourth-order valence-electron chi connectivity index (χ4n) is 3.54. The van der Waals surface area contributed by atoms with Gasteiger partial charge in [0.15, 0.2) is 0 Å². The van der Waals surface area contributed by atoms with Crippen molar-refractivity contribution < 1.29 is 27.8 Å². The van der Waals surface area contributed by atoms with Crippen LogP contribution in [0.1, 0.15) is 29.8 Å². The van der Waals surface area contributed by atoms with Crippen molar-refractivity contribution in [1.82, 2.24) is 19.9 Å². The van der Waals surface area contributed by atoms with E-state index in [1.807, 2.05) is 6.07 Å². The summed E-state index contributed by atoms with van der Waals surface area (Å²) in [5.74, 6) is -3.65. The van der Waals surface area contributed by atoms with Gasteiger partial charge in [0.1, 0.15) is 36.4 Å². The first-order valence-corrected chi connectivity index (χ1v) is 10.7. The molecule has 2 atom stereocenters. The minimum atomic E-state index is -3.17. The standard InChI is InChI=1S/C23H23F3N6O3/c1-22(2,34)17(24)10-30-21(33)15-9-28-19(6-16(15)31-18-11-35-12-23(18,25)26)32-4-3-14-5-13(7-27)8-29-20(14)32/h3-6,8-9,17-18,34H,10-12H2,1-2H3,(H,28,31)(H,30,33)/t17-,18?/m1/s1. The van der Waals surface area contributed by atoms with Crippen LogP contribution in [0.5, 0.6) is 0 Å². The van der Waals surface area contributed by atoms with E-state index in [0.29, 0.717) is 16.6 Å². The zero-order valence-corrected chi connectivity index (χ0v) is 18.9. The minimum Gasteiger partial charge on any atom is -0.387 e. The Bertz CT molecular complexity index is 1300. The van der Waals surface area contributed by atoms with Crippen molar-refractivity contribution in [3.8, 4) is 11.9 Å². The minimum absolute atomic E-state index is 0.0387. The van der Waals surface area contributed by atoms with Gasteiger partial charge in [0.2, 0.25) is 0 Å². The molecule has 1 saturated heterocycles. The smallest absolute Gasteiger partial charge is 0.292 e. The van der Waals surface area contributed by atoms with Crippen LogP contribution < -0.4 is 10.6 Å². The normalized spacial score (nSPS) is 18.3. The molecule has 1 aliphatic heterocycles. The van der Waals surface area contributed by atoms with E-state index in [-0.39, 0.29) is 23.7 Å². The monoisotopic (exact) mass is 488 g/mol. The highest BCUT2D eigenvalue weighted by molar-refractivity contribution is 5.99. The van der Waals surface area contributed by atoms with E-state index in [2.05, 4.69) is 20.6 Å². The summed E-state index contributed by atoms with van der Waals surface area (Å²) in [6.45, 7) is 1.02. The summed E-state index contributed by atoms with van der Waals surface area (Å²) < 4.78 is 49.1. The van der Waals surface area contributed by atoms with Crippen molar-refractivity contribution in [1.29, 1.82) is 5.26 Å². The summed E-state index contributed by atoms with van der Waals surface area (Å²) in [4.78, 5) is 21.4. The lowest BCUT2D eigenvalue weighted by molar-refractivity contribution is -0.0132. The first kappa shape index (κ1) is 24.4. The fraction of sp³-hybridized carbons (Fsp3) is 0.391. The summed E-state index contributed by atoms with van der Waals surface area (Å²) in [5, 5.41) is 24.5. The number of carbonyl (C=O) groups is 1. The van der Waals surface area contributed by atoms with E-state index < -0.39 is 42.8 Å². The number of nitrogens with one attached hydrogen (secondary N) is 2. The number of pyridine rings is 2. The van der Waals surface area contributed by atoms with Crippen LogP contribution in [0.15, 0.2) is 36.8 Å². The number of nitriles is 1. The maximum absolute atomic E-state index is 14.2. The predicted molar refractivity (Wildman–Crippen MR) is 120 cm³/mol. The second kappa shape index (κ2) is 9.16. The molecular formula is C23H23F3N6O3. The lowest BCUT2D eigenvalue weighted by Gasteiger charge is -2.24. The van der Waals surface area contributed by atoms with Crippen LogP contribution in [0.3, 0.4) is 0 Å². The molecule has 0 spiro atoms. The van der Waals surface area contributed by atoms with Gasteiger partial charge in [-0.3, -0.25) is 9.36 Å². The van der Waals surface area contributed by atoms with Gasteiger partial charge >= 0.3 is 0 Å². The first-order chi connectivity index (χ1) is 16.5. The quantitative estimate of drug-likeness (QED) is 0.467. The lowest BCUT2D eigenvalue weighted by Crippen LogP contribution is -2.42. The highest BCUT2D eigenvalue weighted by Crippen LogP contribution is 2.30. The molecule has 1 aliphatic rings. The van der Waals surface area contributed by atoms with Crippen LogP contribution in [0.4, 0.5) is 18.9 Å². The van der Waals surface area contributed by atoms with Gasteiger partial charge in [-0.25, -0.2) is 23.1 Å². The molecule has 35 heavy (non-hydrogen) atoms. The van der Waals surface area contributed by atoms with Crippen LogP contribution in [0.25, 0.3) is 16.9 Å². The molecular weight excluding hydrogens is 465 g/mol. The molecule has 0 radical (unpaired) electrons. The van der Waals surface area contributed by atoms with E-state index in [0.717, 1.165) is 0 Å². The Morgan fingerprint density at radius 3 is 2.83 bits per heavy atom. The number of ether oxygens (including phenoxy) is 1. The number of hydrogen-bond donors (Lipinski definition) is 3.